The minimum Gasteiger partial charge on any atom is -0.469 e. The number of aromatic nitrogens is 4. The van der Waals surface area contributed by atoms with Gasteiger partial charge in [0.15, 0.2) is 5.65 Å². The fourth-order valence-corrected chi connectivity index (χ4v) is 3.39. The average molecular weight is 354 g/mol. The van der Waals surface area contributed by atoms with Crippen LogP contribution < -0.4 is 4.90 Å². The quantitative estimate of drug-likeness (QED) is 0.762. The zero-order valence-electron chi connectivity index (χ0n) is 11.9. The van der Waals surface area contributed by atoms with Gasteiger partial charge in [-0.2, -0.15) is 5.10 Å². The van der Waals surface area contributed by atoms with E-state index in [1.807, 2.05) is 7.05 Å². The molecule has 21 heavy (non-hydrogen) atoms. The molecule has 3 heterocycles. The third kappa shape index (κ3) is 2.48. The fraction of sp³-hybridized carbons (Fsp3) is 0.538. The summed E-state index contributed by atoms with van der Waals surface area (Å²) >= 11 is 3.46. The van der Waals surface area contributed by atoms with E-state index in [2.05, 4.69) is 35.9 Å². The number of esters is 1. The van der Waals surface area contributed by atoms with Gasteiger partial charge in [-0.15, -0.1) is 0 Å². The molecule has 7 nitrogen and oxygen atoms in total. The second-order valence-corrected chi connectivity index (χ2v) is 5.87. The standard InChI is InChI=1S/C13H16BrN5O2/c1-18-11-9(10(14)17-18)12(16-7-15-11)19-5-3-4-8(6-19)13(20)21-2/h7-8H,3-6H2,1-2H3/t8-/m1/s1. The SMILES string of the molecule is COC(=O)[C@@H]1CCCN(c2ncnc3c2c(Br)nn3C)C1. The number of aryl methyl sites for hydroxylation is 1. The maximum Gasteiger partial charge on any atom is 0.310 e. The molecule has 2 aromatic rings. The smallest absolute Gasteiger partial charge is 0.310 e. The molecule has 1 fully saturated rings. The number of hydrogen-bond acceptors (Lipinski definition) is 6. The van der Waals surface area contributed by atoms with Crippen molar-refractivity contribution in [3.63, 3.8) is 0 Å². The molecule has 0 unspecified atom stereocenters. The Bertz CT molecular complexity index is 686. The summed E-state index contributed by atoms with van der Waals surface area (Å²) in [5.41, 5.74) is 0.770. The lowest BCUT2D eigenvalue weighted by molar-refractivity contribution is -0.145. The number of methoxy groups -OCH3 is 1. The lowest BCUT2D eigenvalue weighted by Crippen LogP contribution is -2.39. The largest absolute Gasteiger partial charge is 0.469 e. The molecule has 0 aromatic carbocycles. The van der Waals surface area contributed by atoms with Crippen molar-refractivity contribution in [2.24, 2.45) is 13.0 Å². The molecule has 0 N–H and O–H groups in total. The molecular formula is C13H16BrN5O2. The van der Waals surface area contributed by atoms with Crippen molar-refractivity contribution in [2.45, 2.75) is 12.8 Å². The van der Waals surface area contributed by atoms with Gasteiger partial charge in [0.1, 0.15) is 16.7 Å². The van der Waals surface area contributed by atoms with Gasteiger partial charge in [-0.3, -0.25) is 4.79 Å². The summed E-state index contributed by atoms with van der Waals surface area (Å²) in [5, 5.41) is 5.21. The normalized spacial score (nSPS) is 19.0. The van der Waals surface area contributed by atoms with Crippen molar-refractivity contribution < 1.29 is 9.53 Å². The van der Waals surface area contributed by atoms with E-state index in [1.54, 1.807) is 4.68 Å². The van der Waals surface area contributed by atoms with Crippen molar-refractivity contribution in [2.75, 3.05) is 25.1 Å². The van der Waals surface area contributed by atoms with E-state index in [9.17, 15) is 4.79 Å². The minimum atomic E-state index is -0.157. The summed E-state index contributed by atoms with van der Waals surface area (Å²) in [6, 6.07) is 0. The molecule has 0 saturated carbocycles. The summed E-state index contributed by atoms with van der Waals surface area (Å²) in [7, 11) is 3.28. The van der Waals surface area contributed by atoms with Crippen molar-refractivity contribution in [3.05, 3.63) is 10.9 Å². The first-order valence-electron chi connectivity index (χ1n) is 6.77. The van der Waals surface area contributed by atoms with Crippen LogP contribution in [0.2, 0.25) is 0 Å². The van der Waals surface area contributed by atoms with E-state index in [-0.39, 0.29) is 11.9 Å². The van der Waals surface area contributed by atoms with Crippen LogP contribution in [-0.4, -0.2) is 45.9 Å². The number of piperidine rings is 1. The Morgan fingerprint density at radius 1 is 1.48 bits per heavy atom. The molecule has 0 spiro atoms. The van der Waals surface area contributed by atoms with Gasteiger partial charge in [0, 0.05) is 20.1 Å². The summed E-state index contributed by atoms with van der Waals surface area (Å²) in [6.45, 7) is 1.47. The van der Waals surface area contributed by atoms with Crippen molar-refractivity contribution in [1.29, 1.82) is 0 Å². The van der Waals surface area contributed by atoms with E-state index in [0.717, 1.165) is 40.8 Å². The van der Waals surface area contributed by atoms with Gasteiger partial charge in [-0.05, 0) is 28.8 Å². The molecule has 112 valence electrons. The molecule has 1 aliphatic heterocycles. The van der Waals surface area contributed by atoms with Crippen LogP contribution in [0.15, 0.2) is 10.9 Å². The van der Waals surface area contributed by atoms with Gasteiger partial charge in [0.25, 0.3) is 0 Å². The Balaban J connectivity index is 1.98. The highest BCUT2D eigenvalue weighted by atomic mass is 79.9. The highest BCUT2D eigenvalue weighted by Crippen LogP contribution is 2.32. The van der Waals surface area contributed by atoms with Crippen molar-refractivity contribution >= 4 is 38.8 Å². The molecule has 2 aromatic heterocycles. The van der Waals surface area contributed by atoms with Crippen LogP contribution in [0.25, 0.3) is 11.0 Å². The lowest BCUT2D eigenvalue weighted by Gasteiger charge is -2.32. The van der Waals surface area contributed by atoms with Gasteiger partial charge < -0.3 is 9.64 Å². The zero-order valence-corrected chi connectivity index (χ0v) is 13.5. The Hall–Kier alpha value is -1.70. The van der Waals surface area contributed by atoms with E-state index < -0.39 is 0 Å². The maximum atomic E-state index is 11.8. The number of halogens is 1. The molecule has 1 aliphatic rings. The van der Waals surface area contributed by atoms with Crippen LogP contribution >= 0.6 is 15.9 Å². The molecule has 3 rings (SSSR count). The van der Waals surface area contributed by atoms with Gasteiger partial charge in [-0.1, -0.05) is 0 Å². The molecule has 0 bridgehead atoms. The van der Waals surface area contributed by atoms with Gasteiger partial charge in [-0.25, -0.2) is 14.6 Å². The van der Waals surface area contributed by atoms with E-state index in [0.29, 0.717) is 6.54 Å². The number of carbonyl (C=O) groups is 1. The van der Waals surface area contributed by atoms with Crippen LogP contribution in [0, 0.1) is 5.92 Å². The van der Waals surface area contributed by atoms with Crippen LogP contribution in [0.1, 0.15) is 12.8 Å². The zero-order chi connectivity index (χ0) is 15.0. The average Bonchev–Trinajstić information content (AvgIpc) is 2.81. The number of anilines is 1. The predicted octanol–water partition coefficient (Wildman–Crippen LogP) is 1.52. The Kier molecular flexibility index (Phi) is 3.79. The second kappa shape index (κ2) is 5.59. The Labute approximate surface area is 130 Å². The minimum absolute atomic E-state index is 0.107. The Morgan fingerprint density at radius 2 is 2.29 bits per heavy atom. The van der Waals surface area contributed by atoms with Crippen molar-refractivity contribution in [1.82, 2.24) is 19.7 Å². The molecule has 0 radical (unpaired) electrons. The molecule has 8 heteroatoms. The summed E-state index contributed by atoms with van der Waals surface area (Å²) in [4.78, 5) is 22.6. The van der Waals surface area contributed by atoms with Crippen molar-refractivity contribution in [3.8, 4) is 0 Å². The van der Waals surface area contributed by atoms with Crippen LogP contribution in [0.3, 0.4) is 0 Å². The number of nitrogens with zero attached hydrogens (tertiary/aromatic N) is 5. The lowest BCUT2D eigenvalue weighted by atomic mass is 9.98. The first-order chi connectivity index (χ1) is 10.1. The number of hydrogen-bond donors (Lipinski definition) is 0. The van der Waals surface area contributed by atoms with Gasteiger partial charge >= 0.3 is 5.97 Å². The number of ether oxygens (including phenoxy) is 1. The topological polar surface area (TPSA) is 73.1 Å². The maximum absolute atomic E-state index is 11.8. The molecule has 0 amide bonds. The molecule has 1 saturated heterocycles. The summed E-state index contributed by atoms with van der Waals surface area (Å²) < 4.78 is 7.30. The van der Waals surface area contributed by atoms with Gasteiger partial charge in [0.05, 0.1) is 18.4 Å². The molecule has 1 atom stereocenters. The number of carbonyl (C=O) groups excluding carboxylic acids is 1. The predicted molar refractivity (Wildman–Crippen MR) is 81.0 cm³/mol. The monoisotopic (exact) mass is 353 g/mol. The number of rotatable bonds is 2. The van der Waals surface area contributed by atoms with E-state index in [4.69, 9.17) is 4.74 Å². The first kappa shape index (κ1) is 14.2. The molecular weight excluding hydrogens is 338 g/mol. The highest BCUT2D eigenvalue weighted by Gasteiger charge is 2.29. The van der Waals surface area contributed by atoms with Crippen LogP contribution in [-0.2, 0) is 16.6 Å². The van der Waals surface area contributed by atoms with Gasteiger partial charge in [0.2, 0.25) is 0 Å². The number of fused-ring (bicyclic) bond motifs is 1. The van der Waals surface area contributed by atoms with Crippen LogP contribution in [0.4, 0.5) is 5.82 Å². The van der Waals surface area contributed by atoms with Crippen LogP contribution in [0.5, 0.6) is 0 Å². The third-order valence-electron chi connectivity index (χ3n) is 3.81. The second-order valence-electron chi connectivity index (χ2n) is 5.12. The Morgan fingerprint density at radius 3 is 3.05 bits per heavy atom. The third-order valence-corrected chi connectivity index (χ3v) is 4.37. The fourth-order valence-electron chi connectivity index (χ4n) is 2.79. The summed E-state index contributed by atoms with van der Waals surface area (Å²) in [5.74, 6) is 0.549. The van der Waals surface area contributed by atoms with E-state index >= 15 is 0 Å². The van der Waals surface area contributed by atoms with E-state index in [1.165, 1.54) is 13.4 Å². The molecule has 0 aliphatic carbocycles. The summed E-state index contributed by atoms with van der Waals surface area (Å²) in [6.07, 6.45) is 3.32. The first-order valence-corrected chi connectivity index (χ1v) is 7.57. The highest BCUT2D eigenvalue weighted by molar-refractivity contribution is 9.10.